The van der Waals surface area contributed by atoms with Gasteiger partial charge in [0.2, 0.25) is 11.8 Å². The Hall–Kier alpha value is -4.67. The summed E-state index contributed by atoms with van der Waals surface area (Å²) in [6.07, 6.45) is 6.74. The molecule has 1 amide bonds. The van der Waals surface area contributed by atoms with E-state index in [-0.39, 0.29) is 23.8 Å². The van der Waals surface area contributed by atoms with E-state index in [2.05, 4.69) is 33.7 Å². The molecule has 9 rings (SSSR count). The molecule has 1 fully saturated rings. The number of hydrogen-bond acceptors (Lipinski definition) is 8. The number of halogens is 2. The maximum atomic E-state index is 14.2. The van der Waals surface area contributed by atoms with Crippen molar-refractivity contribution in [1.82, 2.24) is 25.1 Å². The minimum atomic E-state index is -0.270. The van der Waals surface area contributed by atoms with Crippen molar-refractivity contribution in [2.24, 2.45) is 0 Å². The summed E-state index contributed by atoms with van der Waals surface area (Å²) in [6.45, 7) is 2.46. The molecule has 0 saturated carbocycles. The molecule has 6 aromatic rings. The number of aromatic nitrogens is 4. The molecule has 0 radical (unpaired) electrons. The number of nitrogens with zero attached hydrogens (tertiary/aromatic N) is 5. The van der Waals surface area contributed by atoms with E-state index in [0.29, 0.717) is 42.3 Å². The zero-order valence-electron chi connectivity index (χ0n) is 26.1. The van der Waals surface area contributed by atoms with Crippen LogP contribution in [0.4, 0.5) is 10.2 Å². The van der Waals surface area contributed by atoms with Crippen molar-refractivity contribution >= 4 is 44.7 Å². The van der Waals surface area contributed by atoms with E-state index in [1.807, 2.05) is 23.2 Å². The highest BCUT2D eigenvalue weighted by Gasteiger charge is 2.45. The first-order valence-electron chi connectivity index (χ1n) is 16.3. The van der Waals surface area contributed by atoms with Gasteiger partial charge in [-0.05, 0) is 97.0 Å². The Morgan fingerprint density at radius 1 is 1.04 bits per heavy atom. The number of carbonyl (C=O) groups is 1. The monoisotopic (exact) mass is 676 g/mol. The molecule has 240 valence electrons. The van der Waals surface area contributed by atoms with Crippen LogP contribution in [0.15, 0.2) is 65.2 Å². The van der Waals surface area contributed by atoms with Crippen LogP contribution in [0.3, 0.4) is 0 Å². The fourth-order valence-corrected chi connectivity index (χ4v) is 8.97. The number of anilines is 1. The number of benzene rings is 2. The largest absolute Gasteiger partial charge is 0.421 e. The average Bonchev–Trinajstić information content (AvgIpc) is 3.92. The molecule has 4 aromatic heterocycles. The van der Waals surface area contributed by atoms with Crippen molar-refractivity contribution in [2.45, 2.75) is 57.5 Å². The number of rotatable bonds is 7. The number of aryl methyl sites for hydroxylation is 4. The second-order valence-electron chi connectivity index (χ2n) is 12.7. The van der Waals surface area contributed by atoms with E-state index in [1.165, 1.54) is 23.3 Å². The Morgan fingerprint density at radius 2 is 1.92 bits per heavy atom. The topological polar surface area (TPSA) is 97.0 Å². The summed E-state index contributed by atoms with van der Waals surface area (Å²) in [5.74, 6) is 1.29. The Labute approximate surface area is 285 Å². The lowest BCUT2D eigenvalue weighted by molar-refractivity contribution is 0.0776. The summed E-state index contributed by atoms with van der Waals surface area (Å²) in [5.41, 5.74) is 7.18. The zero-order chi connectivity index (χ0) is 32.5. The van der Waals surface area contributed by atoms with Gasteiger partial charge in [0, 0.05) is 35.1 Å². The van der Waals surface area contributed by atoms with E-state index in [0.717, 1.165) is 74.0 Å². The van der Waals surface area contributed by atoms with Crippen LogP contribution in [0.25, 0.3) is 32.0 Å². The lowest BCUT2D eigenvalue weighted by Crippen LogP contribution is -2.22. The van der Waals surface area contributed by atoms with E-state index in [1.54, 1.807) is 30.4 Å². The van der Waals surface area contributed by atoms with E-state index >= 15 is 0 Å². The Balaban J connectivity index is 1.21. The molecule has 2 atom stereocenters. The molecule has 0 spiro atoms. The Bertz CT molecular complexity index is 2250. The van der Waals surface area contributed by atoms with Crippen molar-refractivity contribution in [3.05, 3.63) is 111 Å². The van der Waals surface area contributed by atoms with Crippen molar-refractivity contribution in [2.75, 3.05) is 11.9 Å². The number of nitrogens with one attached hydrogen (secondary N) is 1. The average molecular weight is 677 g/mol. The number of thiophene rings is 1. The van der Waals surface area contributed by atoms with Crippen LogP contribution in [0.2, 0.25) is 5.02 Å². The van der Waals surface area contributed by atoms with Gasteiger partial charge in [0.05, 0.1) is 39.3 Å². The molecule has 3 aliphatic rings. The molecule has 2 aromatic carbocycles. The predicted molar refractivity (Wildman–Crippen MR) is 184 cm³/mol. The molecular formula is C37H30ClFN6O2S. The fraction of sp³-hybridized carbons (Fsp3) is 0.270. The number of pyridine rings is 2. The maximum Gasteiger partial charge on any atom is 0.257 e. The van der Waals surface area contributed by atoms with Gasteiger partial charge in [0.25, 0.3) is 5.91 Å². The molecule has 1 unspecified atom stereocenters. The molecule has 48 heavy (non-hydrogen) atoms. The van der Waals surface area contributed by atoms with Crippen molar-refractivity contribution < 1.29 is 13.6 Å². The zero-order valence-corrected chi connectivity index (χ0v) is 27.7. The standard InChI is InChI=1S/C37H30ClFN6O2S/c1-19-43-44-36(47-19)30-27(12-6-20-4-9-24(39)10-5-20)41-33-28-3-2-16-45(28)37(46)32(33)31(30)29-18-22-14-15-40-35(34(22)48-29)42-26-13-7-21-17-23(38)8-11-25(21)26/h4-5,8-11,14-15,17-18,26,28H,2-3,6-7,12-13,16H2,1H3,(H,40,42)/t26-,28?/m1/s1. The van der Waals surface area contributed by atoms with Gasteiger partial charge < -0.3 is 14.6 Å². The summed E-state index contributed by atoms with van der Waals surface area (Å²) in [5, 5.41) is 14.1. The fourth-order valence-electron chi connectivity index (χ4n) is 7.61. The third-order valence-corrected chi connectivity index (χ3v) is 11.2. The van der Waals surface area contributed by atoms with Crippen molar-refractivity contribution in [3.8, 4) is 21.9 Å². The Kier molecular flexibility index (Phi) is 7.05. The van der Waals surface area contributed by atoms with Gasteiger partial charge in [-0.2, -0.15) is 0 Å². The SMILES string of the molecule is Cc1nnc(-c2c(CCc3ccc(F)cc3)nc3c(c2-c2cc4ccnc(N[C@@H]5CCc6cc(Cl)ccc65)c4s2)C(=O)N2CCCC32)o1. The van der Waals surface area contributed by atoms with Crippen LogP contribution in [0.5, 0.6) is 0 Å². The van der Waals surface area contributed by atoms with Crippen LogP contribution >= 0.6 is 22.9 Å². The lowest BCUT2D eigenvalue weighted by Gasteiger charge is -2.16. The van der Waals surface area contributed by atoms with Crippen molar-refractivity contribution in [1.29, 1.82) is 0 Å². The summed E-state index contributed by atoms with van der Waals surface area (Å²) >= 11 is 7.89. The van der Waals surface area contributed by atoms with E-state index < -0.39 is 0 Å². The summed E-state index contributed by atoms with van der Waals surface area (Å²) in [4.78, 5) is 27.1. The second-order valence-corrected chi connectivity index (χ2v) is 14.2. The number of amides is 1. The smallest absolute Gasteiger partial charge is 0.257 e. The summed E-state index contributed by atoms with van der Waals surface area (Å²) in [7, 11) is 0. The second kappa shape index (κ2) is 11.5. The van der Waals surface area contributed by atoms with Gasteiger partial charge in [-0.25, -0.2) is 9.37 Å². The van der Waals surface area contributed by atoms with E-state index in [4.69, 9.17) is 26.0 Å². The molecule has 2 aliphatic heterocycles. The van der Waals surface area contributed by atoms with Gasteiger partial charge in [0.15, 0.2) is 0 Å². The first-order valence-corrected chi connectivity index (χ1v) is 17.5. The molecule has 1 N–H and O–H groups in total. The maximum absolute atomic E-state index is 14.2. The lowest BCUT2D eigenvalue weighted by atomic mass is 9.93. The van der Waals surface area contributed by atoms with E-state index in [9.17, 15) is 9.18 Å². The number of carbonyl (C=O) groups excluding carboxylic acids is 1. The number of fused-ring (bicyclic) bond motifs is 5. The van der Waals surface area contributed by atoms with Crippen LogP contribution in [-0.2, 0) is 19.3 Å². The van der Waals surface area contributed by atoms with Gasteiger partial charge >= 0.3 is 0 Å². The van der Waals surface area contributed by atoms with Gasteiger partial charge in [0.1, 0.15) is 11.6 Å². The van der Waals surface area contributed by atoms with Crippen LogP contribution in [0, 0.1) is 12.7 Å². The third-order valence-electron chi connectivity index (χ3n) is 9.82. The predicted octanol–water partition coefficient (Wildman–Crippen LogP) is 8.68. The number of hydrogen-bond donors (Lipinski definition) is 1. The van der Waals surface area contributed by atoms with Crippen molar-refractivity contribution in [3.63, 3.8) is 0 Å². The normalized spacial score (nSPS) is 18.1. The molecule has 6 heterocycles. The molecule has 1 saturated heterocycles. The molecule has 8 nitrogen and oxygen atoms in total. The minimum absolute atomic E-state index is 0.00674. The van der Waals surface area contributed by atoms with Crippen LogP contribution in [0.1, 0.15) is 75.7 Å². The molecule has 0 bridgehead atoms. The quantitative estimate of drug-likeness (QED) is 0.181. The van der Waals surface area contributed by atoms with Crippen LogP contribution in [-0.4, -0.2) is 37.5 Å². The summed E-state index contributed by atoms with van der Waals surface area (Å²) < 4.78 is 20.8. The highest BCUT2D eigenvalue weighted by Crippen LogP contribution is 2.50. The van der Waals surface area contributed by atoms with Gasteiger partial charge in [-0.1, -0.05) is 29.8 Å². The third kappa shape index (κ3) is 4.88. The van der Waals surface area contributed by atoms with Crippen LogP contribution < -0.4 is 5.32 Å². The Morgan fingerprint density at radius 3 is 2.75 bits per heavy atom. The molecule has 11 heteroatoms. The molecular weight excluding hydrogens is 647 g/mol. The first kappa shape index (κ1) is 29.5. The highest BCUT2D eigenvalue weighted by atomic mass is 35.5. The van der Waals surface area contributed by atoms with Gasteiger partial charge in [-0.15, -0.1) is 21.5 Å². The highest BCUT2D eigenvalue weighted by molar-refractivity contribution is 7.23. The molecule has 1 aliphatic carbocycles. The first-order chi connectivity index (χ1) is 23.4. The summed E-state index contributed by atoms with van der Waals surface area (Å²) in [6, 6.07) is 16.9. The van der Waals surface area contributed by atoms with Gasteiger partial charge in [-0.3, -0.25) is 9.78 Å². The minimum Gasteiger partial charge on any atom is -0.421 e.